The lowest BCUT2D eigenvalue weighted by Crippen LogP contribution is -2.18. The smallest absolute Gasteiger partial charge is 0.0992 e. The number of nitriles is 1. The molecule has 72 valence electrons. The van der Waals surface area contributed by atoms with E-state index in [1.165, 1.54) is 0 Å². The van der Waals surface area contributed by atoms with Crippen molar-refractivity contribution in [2.45, 2.75) is 25.3 Å². The topological polar surface area (TPSA) is 75.8 Å². The molecule has 0 aliphatic heterocycles. The minimum atomic E-state index is 0.0503. The molecule has 0 saturated heterocycles. The minimum absolute atomic E-state index is 0.0503. The maximum atomic E-state index is 8.80. The van der Waals surface area contributed by atoms with Gasteiger partial charge in [-0.2, -0.15) is 5.26 Å². The third kappa shape index (κ3) is 1.34. The number of nitrogens with zero attached hydrogens (tertiary/aromatic N) is 1. The second-order valence-corrected chi connectivity index (χ2v) is 3.74. The number of hydrogen-bond donors (Lipinski definition) is 2. The van der Waals surface area contributed by atoms with Crippen LogP contribution in [0.3, 0.4) is 0 Å². The van der Waals surface area contributed by atoms with Crippen LogP contribution in [-0.2, 0) is 6.42 Å². The first-order chi connectivity index (χ1) is 6.72. The number of nitrogens with two attached hydrogens (primary N) is 2. The molecule has 0 heterocycles. The Morgan fingerprint density at radius 3 is 2.93 bits per heavy atom. The van der Waals surface area contributed by atoms with Crippen molar-refractivity contribution in [2.24, 2.45) is 5.73 Å². The van der Waals surface area contributed by atoms with Crippen LogP contribution in [0.5, 0.6) is 0 Å². The lowest BCUT2D eigenvalue weighted by Gasteiger charge is -2.23. The molecule has 4 N–H and O–H groups in total. The van der Waals surface area contributed by atoms with E-state index in [2.05, 4.69) is 6.07 Å². The molecule has 0 aromatic heterocycles. The van der Waals surface area contributed by atoms with Crippen molar-refractivity contribution in [3.05, 3.63) is 28.8 Å². The number of anilines is 1. The van der Waals surface area contributed by atoms with Crippen molar-refractivity contribution in [1.82, 2.24) is 0 Å². The summed E-state index contributed by atoms with van der Waals surface area (Å²) < 4.78 is 0. The quantitative estimate of drug-likeness (QED) is 0.604. The number of nitrogen functional groups attached to an aromatic ring is 1. The molecular formula is C11H13N3. The average molecular weight is 187 g/mol. The maximum absolute atomic E-state index is 8.80. The van der Waals surface area contributed by atoms with Gasteiger partial charge in [0.15, 0.2) is 0 Å². The zero-order valence-electron chi connectivity index (χ0n) is 7.96. The number of fused-ring (bicyclic) bond motifs is 1. The van der Waals surface area contributed by atoms with Gasteiger partial charge < -0.3 is 11.5 Å². The molecule has 1 aliphatic rings. The molecule has 3 nitrogen and oxygen atoms in total. The molecule has 1 aromatic rings. The minimum Gasteiger partial charge on any atom is -0.398 e. The molecule has 0 saturated carbocycles. The molecule has 0 unspecified atom stereocenters. The second kappa shape index (κ2) is 3.32. The van der Waals surface area contributed by atoms with E-state index in [0.29, 0.717) is 11.3 Å². The van der Waals surface area contributed by atoms with Crippen LogP contribution >= 0.6 is 0 Å². The molecule has 0 amide bonds. The summed E-state index contributed by atoms with van der Waals surface area (Å²) in [6, 6.07) is 5.76. The van der Waals surface area contributed by atoms with Crippen molar-refractivity contribution < 1.29 is 0 Å². The van der Waals surface area contributed by atoms with Gasteiger partial charge >= 0.3 is 0 Å². The Balaban J connectivity index is 2.58. The summed E-state index contributed by atoms with van der Waals surface area (Å²) >= 11 is 0. The Labute approximate surface area is 83.3 Å². The lowest BCUT2D eigenvalue weighted by atomic mass is 9.86. The van der Waals surface area contributed by atoms with E-state index in [1.54, 1.807) is 6.07 Å². The predicted molar refractivity (Wildman–Crippen MR) is 55.4 cm³/mol. The van der Waals surface area contributed by atoms with E-state index in [-0.39, 0.29) is 6.04 Å². The van der Waals surface area contributed by atoms with Crippen LogP contribution in [0.25, 0.3) is 0 Å². The summed E-state index contributed by atoms with van der Waals surface area (Å²) in [6.45, 7) is 0. The zero-order valence-corrected chi connectivity index (χ0v) is 7.96. The first-order valence-corrected chi connectivity index (χ1v) is 4.80. The van der Waals surface area contributed by atoms with E-state index >= 15 is 0 Å². The van der Waals surface area contributed by atoms with Crippen LogP contribution < -0.4 is 11.5 Å². The van der Waals surface area contributed by atoms with Crippen LogP contribution in [0.4, 0.5) is 5.69 Å². The molecule has 0 spiro atoms. The molecule has 1 aliphatic carbocycles. The Morgan fingerprint density at radius 2 is 2.21 bits per heavy atom. The molecule has 1 atom stereocenters. The highest BCUT2D eigenvalue weighted by Gasteiger charge is 2.19. The fraction of sp³-hybridized carbons (Fsp3) is 0.364. The van der Waals surface area contributed by atoms with Crippen LogP contribution in [0.15, 0.2) is 12.1 Å². The highest BCUT2D eigenvalue weighted by molar-refractivity contribution is 5.57. The monoisotopic (exact) mass is 187 g/mol. The van der Waals surface area contributed by atoms with Crippen molar-refractivity contribution in [1.29, 1.82) is 5.26 Å². The molecule has 0 bridgehead atoms. The first kappa shape index (κ1) is 9.04. The van der Waals surface area contributed by atoms with Gasteiger partial charge in [-0.1, -0.05) is 0 Å². The summed E-state index contributed by atoms with van der Waals surface area (Å²) in [6.07, 6.45) is 3.06. The molecule has 3 heteroatoms. The van der Waals surface area contributed by atoms with Crippen molar-refractivity contribution in [3.63, 3.8) is 0 Å². The Morgan fingerprint density at radius 1 is 1.43 bits per heavy atom. The van der Waals surface area contributed by atoms with Gasteiger partial charge in [0.2, 0.25) is 0 Å². The standard InChI is InChI=1S/C11H13N3/c12-6-7-4-9-8(11(14)5-7)2-1-3-10(9)13/h4-5,10H,1-3,13-14H2/t10-/m0/s1. The number of rotatable bonds is 0. The molecule has 0 fully saturated rings. The van der Waals surface area contributed by atoms with Crippen LogP contribution in [0.2, 0.25) is 0 Å². The molecule has 0 radical (unpaired) electrons. The van der Waals surface area contributed by atoms with Gasteiger partial charge in [-0.15, -0.1) is 0 Å². The first-order valence-electron chi connectivity index (χ1n) is 4.80. The number of benzene rings is 1. The average Bonchev–Trinajstić information content (AvgIpc) is 2.19. The molecule has 14 heavy (non-hydrogen) atoms. The highest BCUT2D eigenvalue weighted by atomic mass is 14.7. The third-order valence-electron chi connectivity index (χ3n) is 2.79. The molecule has 2 rings (SSSR count). The SMILES string of the molecule is N#Cc1cc(N)c2c(c1)[C@@H](N)CCC2. The second-order valence-electron chi connectivity index (χ2n) is 3.74. The van der Waals surface area contributed by atoms with Gasteiger partial charge in [0.05, 0.1) is 11.6 Å². The lowest BCUT2D eigenvalue weighted by molar-refractivity contribution is 0.571. The van der Waals surface area contributed by atoms with Gasteiger partial charge in [-0.05, 0) is 42.5 Å². The van der Waals surface area contributed by atoms with Crippen molar-refractivity contribution in [3.8, 4) is 6.07 Å². The largest absolute Gasteiger partial charge is 0.398 e. The summed E-state index contributed by atoms with van der Waals surface area (Å²) in [7, 11) is 0. The van der Waals surface area contributed by atoms with E-state index in [9.17, 15) is 0 Å². The summed E-state index contributed by atoms with van der Waals surface area (Å²) in [5, 5.41) is 8.80. The molecule has 1 aromatic carbocycles. The van der Waals surface area contributed by atoms with Crippen LogP contribution in [-0.4, -0.2) is 0 Å². The summed E-state index contributed by atoms with van der Waals surface area (Å²) in [5.41, 5.74) is 15.4. The van der Waals surface area contributed by atoms with Gasteiger partial charge in [-0.3, -0.25) is 0 Å². The Hall–Kier alpha value is -1.53. The fourth-order valence-corrected chi connectivity index (χ4v) is 2.06. The van der Waals surface area contributed by atoms with Gasteiger partial charge in [0.1, 0.15) is 0 Å². The molecular weight excluding hydrogens is 174 g/mol. The number of hydrogen-bond acceptors (Lipinski definition) is 3. The van der Waals surface area contributed by atoms with E-state index in [4.69, 9.17) is 16.7 Å². The normalized spacial score (nSPS) is 19.9. The summed E-state index contributed by atoms with van der Waals surface area (Å²) in [4.78, 5) is 0. The van der Waals surface area contributed by atoms with E-state index in [1.807, 2.05) is 6.07 Å². The predicted octanol–water partition coefficient (Wildman–Crippen LogP) is 1.48. The third-order valence-corrected chi connectivity index (χ3v) is 2.79. The Bertz CT molecular complexity index is 404. The van der Waals surface area contributed by atoms with Crippen molar-refractivity contribution in [2.75, 3.05) is 5.73 Å². The van der Waals surface area contributed by atoms with Gasteiger partial charge in [0, 0.05) is 11.7 Å². The van der Waals surface area contributed by atoms with Crippen molar-refractivity contribution >= 4 is 5.69 Å². The maximum Gasteiger partial charge on any atom is 0.0992 e. The Kier molecular flexibility index (Phi) is 2.14. The fourth-order valence-electron chi connectivity index (χ4n) is 2.06. The zero-order chi connectivity index (χ0) is 10.1. The van der Waals surface area contributed by atoms with Crippen LogP contribution in [0.1, 0.15) is 35.6 Å². The van der Waals surface area contributed by atoms with E-state index < -0.39 is 0 Å². The van der Waals surface area contributed by atoms with Crippen LogP contribution in [0, 0.1) is 11.3 Å². The van der Waals surface area contributed by atoms with Gasteiger partial charge in [0.25, 0.3) is 0 Å². The summed E-state index contributed by atoms with van der Waals surface area (Å²) in [5.74, 6) is 0. The van der Waals surface area contributed by atoms with E-state index in [0.717, 1.165) is 30.4 Å². The van der Waals surface area contributed by atoms with Gasteiger partial charge in [-0.25, -0.2) is 0 Å². The highest BCUT2D eigenvalue weighted by Crippen LogP contribution is 2.32.